The maximum atomic E-state index is 12.6. The average Bonchev–Trinajstić information content (AvgIpc) is 3.16. The highest BCUT2D eigenvalue weighted by Crippen LogP contribution is 2.22. The van der Waals surface area contributed by atoms with Gasteiger partial charge in [-0.2, -0.15) is 8.78 Å². The van der Waals surface area contributed by atoms with Gasteiger partial charge in [0.15, 0.2) is 5.13 Å². The Hall–Kier alpha value is -2.26. The van der Waals surface area contributed by atoms with Crippen LogP contribution in [-0.2, 0) is 11.2 Å². The van der Waals surface area contributed by atoms with Crippen LogP contribution in [0.25, 0.3) is 0 Å². The second kappa shape index (κ2) is 9.98. The van der Waals surface area contributed by atoms with E-state index in [0.717, 1.165) is 43.2 Å². The number of amides is 1. The second-order valence-corrected chi connectivity index (χ2v) is 7.88. The lowest BCUT2D eigenvalue weighted by Crippen LogP contribution is -2.48. The highest BCUT2D eigenvalue weighted by molar-refractivity contribution is 7.13. The van der Waals surface area contributed by atoms with Crippen molar-refractivity contribution in [3.05, 3.63) is 35.3 Å². The van der Waals surface area contributed by atoms with Crippen molar-refractivity contribution in [2.24, 2.45) is 0 Å². The van der Waals surface area contributed by atoms with Crippen LogP contribution in [0.5, 0.6) is 5.75 Å². The Morgan fingerprint density at radius 3 is 2.59 bits per heavy atom. The third-order valence-corrected chi connectivity index (χ3v) is 5.87. The molecule has 0 saturated carbocycles. The van der Waals surface area contributed by atoms with Gasteiger partial charge >= 0.3 is 6.61 Å². The molecule has 1 aromatic carbocycles. The van der Waals surface area contributed by atoms with Gasteiger partial charge in [-0.1, -0.05) is 6.92 Å². The number of hydrogen-bond donors (Lipinski definition) is 2. The van der Waals surface area contributed by atoms with E-state index in [0.29, 0.717) is 11.7 Å². The average molecular weight is 425 g/mol. The maximum Gasteiger partial charge on any atom is 0.387 e. The van der Waals surface area contributed by atoms with Crippen molar-refractivity contribution in [3.63, 3.8) is 0 Å². The number of aryl methyl sites for hydroxylation is 1. The number of benzene rings is 1. The van der Waals surface area contributed by atoms with Crippen LogP contribution in [0.3, 0.4) is 0 Å². The number of ether oxygens (including phenoxy) is 1. The van der Waals surface area contributed by atoms with E-state index in [1.165, 1.54) is 12.1 Å². The molecule has 6 nitrogen and oxygen atoms in total. The number of anilines is 2. The van der Waals surface area contributed by atoms with Gasteiger partial charge in [0.1, 0.15) is 5.75 Å². The zero-order valence-corrected chi connectivity index (χ0v) is 17.3. The van der Waals surface area contributed by atoms with Crippen LogP contribution >= 0.6 is 11.3 Å². The molecular formula is C20H26F2N4O2S. The maximum absolute atomic E-state index is 12.6. The number of carbonyl (C=O) groups excluding carboxylic acids is 1. The zero-order valence-electron chi connectivity index (χ0n) is 16.5. The Balaban J connectivity index is 1.45. The first-order valence-corrected chi connectivity index (χ1v) is 10.6. The molecule has 0 radical (unpaired) electrons. The van der Waals surface area contributed by atoms with E-state index >= 15 is 0 Å². The molecule has 1 fully saturated rings. The largest absolute Gasteiger partial charge is 0.435 e. The number of thiazole rings is 1. The fourth-order valence-electron chi connectivity index (χ4n) is 3.27. The Morgan fingerprint density at radius 2 is 2.00 bits per heavy atom. The minimum atomic E-state index is -2.86. The smallest absolute Gasteiger partial charge is 0.387 e. The summed E-state index contributed by atoms with van der Waals surface area (Å²) < 4.78 is 28.7. The molecule has 9 heteroatoms. The Bertz CT molecular complexity index is 792. The van der Waals surface area contributed by atoms with Crippen LogP contribution in [0.15, 0.2) is 29.6 Å². The third-order valence-electron chi connectivity index (χ3n) is 5.05. The van der Waals surface area contributed by atoms with Crippen molar-refractivity contribution in [1.82, 2.24) is 9.88 Å². The number of halogens is 2. The Kier molecular flexibility index (Phi) is 7.38. The summed E-state index contributed by atoms with van der Waals surface area (Å²) in [6.45, 7) is 2.75. The van der Waals surface area contributed by atoms with Crippen molar-refractivity contribution >= 4 is 28.1 Å². The molecule has 1 atom stereocenters. The number of nitrogens with zero attached hydrogens (tertiary/aromatic N) is 2. The Morgan fingerprint density at radius 1 is 1.31 bits per heavy atom. The van der Waals surface area contributed by atoms with E-state index in [-0.39, 0.29) is 17.7 Å². The number of nitrogens with one attached hydrogen (secondary N) is 2. The molecule has 158 valence electrons. The van der Waals surface area contributed by atoms with Gasteiger partial charge in [-0.05, 0) is 50.5 Å². The van der Waals surface area contributed by atoms with Crippen molar-refractivity contribution in [2.45, 2.75) is 51.8 Å². The van der Waals surface area contributed by atoms with Crippen LogP contribution in [0.2, 0.25) is 0 Å². The van der Waals surface area contributed by atoms with Gasteiger partial charge in [-0.3, -0.25) is 9.69 Å². The SMILES string of the molecule is CCc1csc(NC2CCN([C@@H](C)C(=O)Nc3ccc(OC(F)F)cc3)CC2)n1. The lowest BCUT2D eigenvalue weighted by atomic mass is 10.0. The monoisotopic (exact) mass is 424 g/mol. The van der Waals surface area contributed by atoms with Gasteiger partial charge < -0.3 is 15.4 Å². The van der Waals surface area contributed by atoms with E-state index in [4.69, 9.17) is 0 Å². The predicted molar refractivity (Wildman–Crippen MR) is 111 cm³/mol. The topological polar surface area (TPSA) is 66.5 Å². The summed E-state index contributed by atoms with van der Waals surface area (Å²) in [5.74, 6) is -0.0571. The molecular weight excluding hydrogens is 398 g/mol. The predicted octanol–water partition coefficient (Wildman–Crippen LogP) is 4.21. The molecule has 0 aliphatic carbocycles. The standard InChI is InChI=1S/C20H26F2N4O2S/c1-3-14-12-29-20(24-14)25-16-8-10-26(11-9-16)13(2)18(27)23-15-4-6-17(7-5-15)28-19(21)22/h4-7,12-13,16,19H,3,8-11H2,1-2H3,(H,23,27)(H,24,25)/t13-/m0/s1. The first kappa shape index (κ1) is 21.4. The number of rotatable bonds is 8. The van der Waals surface area contributed by atoms with Gasteiger partial charge in [-0.15, -0.1) is 11.3 Å². The molecule has 1 saturated heterocycles. The van der Waals surface area contributed by atoms with Crippen LogP contribution in [0.4, 0.5) is 19.6 Å². The van der Waals surface area contributed by atoms with Crippen molar-refractivity contribution in [2.75, 3.05) is 23.7 Å². The molecule has 0 spiro atoms. The number of carbonyl (C=O) groups is 1. The minimum Gasteiger partial charge on any atom is -0.435 e. The number of piperidine rings is 1. The van der Waals surface area contributed by atoms with Crippen molar-refractivity contribution in [3.8, 4) is 5.75 Å². The van der Waals surface area contributed by atoms with Crippen molar-refractivity contribution in [1.29, 1.82) is 0 Å². The molecule has 1 aromatic heterocycles. The van der Waals surface area contributed by atoms with E-state index in [9.17, 15) is 13.6 Å². The van der Waals surface area contributed by atoms with Crippen LogP contribution in [0, 0.1) is 0 Å². The molecule has 29 heavy (non-hydrogen) atoms. The molecule has 1 aliphatic rings. The van der Waals surface area contributed by atoms with E-state index in [1.807, 2.05) is 6.92 Å². The van der Waals surface area contributed by atoms with Crippen LogP contribution < -0.4 is 15.4 Å². The lowest BCUT2D eigenvalue weighted by molar-refractivity contribution is -0.121. The molecule has 1 aliphatic heterocycles. The Labute approximate surface area is 173 Å². The molecule has 0 bridgehead atoms. The van der Waals surface area contributed by atoms with E-state index < -0.39 is 6.61 Å². The highest BCUT2D eigenvalue weighted by Gasteiger charge is 2.27. The lowest BCUT2D eigenvalue weighted by Gasteiger charge is -2.35. The third kappa shape index (κ3) is 6.11. The zero-order chi connectivity index (χ0) is 20.8. The summed E-state index contributed by atoms with van der Waals surface area (Å²) in [5.41, 5.74) is 1.66. The van der Waals surface area contributed by atoms with Crippen molar-refractivity contribution < 1.29 is 18.3 Å². The fourth-order valence-corrected chi connectivity index (χ4v) is 4.15. The molecule has 2 N–H and O–H groups in total. The molecule has 2 heterocycles. The van der Waals surface area contributed by atoms with Gasteiger partial charge in [0.2, 0.25) is 5.91 Å². The fraction of sp³-hybridized carbons (Fsp3) is 0.500. The summed E-state index contributed by atoms with van der Waals surface area (Å²) in [6.07, 6.45) is 2.82. The van der Waals surface area contributed by atoms with E-state index in [2.05, 4.69) is 37.6 Å². The summed E-state index contributed by atoms with van der Waals surface area (Å²) in [7, 11) is 0. The molecule has 0 unspecified atom stereocenters. The van der Waals surface area contributed by atoms with Gasteiger partial charge in [0, 0.05) is 30.2 Å². The first-order valence-electron chi connectivity index (χ1n) is 9.75. The number of likely N-dealkylation sites (tertiary alicyclic amines) is 1. The molecule has 1 amide bonds. The van der Waals surface area contributed by atoms with E-state index in [1.54, 1.807) is 23.5 Å². The summed E-state index contributed by atoms with van der Waals surface area (Å²) in [6, 6.07) is 6.01. The first-order chi connectivity index (χ1) is 13.9. The van der Waals surface area contributed by atoms with Crippen LogP contribution in [-0.4, -0.2) is 47.6 Å². The van der Waals surface area contributed by atoms with Gasteiger partial charge in [-0.25, -0.2) is 4.98 Å². The quantitative estimate of drug-likeness (QED) is 0.665. The summed E-state index contributed by atoms with van der Waals surface area (Å²) in [4.78, 5) is 19.3. The van der Waals surface area contributed by atoms with Gasteiger partial charge in [0.25, 0.3) is 0 Å². The highest BCUT2D eigenvalue weighted by atomic mass is 32.1. The van der Waals surface area contributed by atoms with Gasteiger partial charge in [0.05, 0.1) is 11.7 Å². The normalized spacial score (nSPS) is 16.6. The second-order valence-electron chi connectivity index (χ2n) is 7.02. The number of alkyl halides is 2. The number of hydrogen-bond acceptors (Lipinski definition) is 6. The summed E-state index contributed by atoms with van der Waals surface area (Å²) in [5, 5.41) is 9.37. The molecule has 3 rings (SSSR count). The number of aromatic nitrogens is 1. The van der Waals surface area contributed by atoms with Crippen LogP contribution in [0.1, 0.15) is 32.4 Å². The minimum absolute atomic E-state index is 0.0620. The molecule has 2 aromatic rings. The summed E-state index contributed by atoms with van der Waals surface area (Å²) >= 11 is 1.63.